The standard InChI is InChI=1S/C21H32N2O3S/c1-2-26-21(25)19-16-10-6-3-4-7-11-17(16)27-20(19)22-18(24)12-15-23-13-8-5-9-14-23/h2-15H2,1H3,(H,22,24). The summed E-state index contributed by atoms with van der Waals surface area (Å²) in [6.45, 7) is 5.16. The molecular weight excluding hydrogens is 360 g/mol. The van der Waals surface area contributed by atoms with Crippen LogP contribution in [0.3, 0.4) is 0 Å². The minimum atomic E-state index is -0.290. The second kappa shape index (κ2) is 10.2. The summed E-state index contributed by atoms with van der Waals surface area (Å²) in [5, 5.41) is 3.74. The smallest absolute Gasteiger partial charge is 0.341 e. The SMILES string of the molecule is CCOC(=O)c1c(NC(=O)CCN2CCCCC2)sc2c1CCCCCC2. The number of fused-ring (bicyclic) bond motifs is 1. The maximum Gasteiger partial charge on any atom is 0.341 e. The van der Waals surface area contributed by atoms with Crippen LogP contribution in [-0.2, 0) is 22.4 Å². The number of anilines is 1. The summed E-state index contributed by atoms with van der Waals surface area (Å²) in [7, 11) is 0. The molecule has 150 valence electrons. The predicted molar refractivity (Wildman–Crippen MR) is 110 cm³/mol. The third kappa shape index (κ3) is 5.55. The monoisotopic (exact) mass is 392 g/mol. The molecule has 1 N–H and O–H groups in total. The van der Waals surface area contributed by atoms with Crippen LogP contribution in [0.5, 0.6) is 0 Å². The quantitative estimate of drug-likeness (QED) is 0.729. The van der Waals surface area contributed by atoms with E-state index in [0.717, 1.165) is 50.9 Å². The van der Waals surface area contributed by atoms with E-state index in [9.17, 15) is 9.59 Å². The van der Waals surface area contributed by atoms with Gasteiger partial charge in [0.2, 0.25) is 5.91 Å². The Morgan fingerprint density at radius 2 is 1.74 bits per heavy atom. The van der Waals surface area contributed by atoms with Crippen LogP contribution < -0.4 is 5.32 Å². The fourth-order valence-electron chi connectivity index (χ4n) is 4.06. The van der Waals surface area contributed by atoms with Crippen LogP contribution >= 0.6 is 11.3 Å². The Morgan fingerprint density at radius 3 is 2.48 bits per heavy atom. The molecule has 2 aliphatic rings. The summed E-state index contributed by atoms with van der Waals surface area (Å²) in [5.74, 6) is -0.290. The second-order valence-corrected chi connectivity index (χ2v) is 8.65. The number of hydrogen-bond donors (Lipinski definition) is 1. The number of carbonyl (C=O) groups excluding carboxylic acids is 2. The number of ether oxygens (including phenoxy) is 1. The van der Waals surface area contributed by atoms with Crippen molar-refractivity contribution >= 4 is 28.2 Å². The highest BCUT2D eigenvalue weighted by Crippen LogP contribution is 2.37. The Morgan fingerprint density at radius 1 is 1.04 bits per heavy atom. The Balaban J connectivity index is 1.71. The van der Waals surface area contributed by atoms with Crippen molar-refractivity contribution in [2.75, 3.05) is 31.6 Å². The third-order valence-electron chi connectivity index (χ3n) is 5.51. The fourth-order valence-corrected chi connectivity index (χ4v) is 5.35. The number of carbonyl (C=O) groups is 2. The van der Waals surface area contributed by atoms with Crippen molar-refractivity contribution in [3.8, 4) is 0 Å². The number of piperidine rings is 1. The molecule has 0 aromatic carbocycles. The number of rotatable bonds is 6. The van der Waals surface area contributed by atoms with Gasteiger partial charge in [-0.15, -0.1) is 11.3 Å². The average molecular weight is 393 g/mol. The minimum Gasteiger partial charge on any atom is -0.462 e. The maximum atomic E-state index is 12.6. The number of thiophene rings is 1. The maximum absolute atomic E-state index is 12.6. The zero-order valence-corrected chi connectivity index (χ0v) is 17.3. The van der Waals surface area contributed by atoms with Gasteiger partial charge in [0.05, 0.1) is 12.2 Å². The number of nitrogens with one attached hydrogen (secondary N) is 1. The summed E-state index contributed by atoms with van der Waals surface area (Å²) >= 11 is 1.58. The lowest BCUT2D eigenvalue weighted by Gasteiger charge is -2.25. The molecule has 1 amide bonds. The zero-order chi connectivity index (χ0) is 19.1. The van der Waals surface area contributed by atoms with Crippen LogP contribution in [0.2, 0.25) is 0 Å². The molecule has 2 heterocycles. The molecule has 0 bridgehead atoms. The van der Waals surface area contributed by atoms with Crippen LogP contribution in [0.15, 0.2) is 0 Å². The molecule has 0 spiro atoms. The van der Waals surface area contributed by atoms with Crippen molar-refractivity contribution in [1.82, 2.24) is 4.90 Å². The molecule has 1 saturated heterocycles. The van der Waals surface area contributed by atoms with Crippen molar-refractivity contribution < 1.29 is 14.3 Å². The van der Waals surface area contributed by atoms with E-state index in [1.165, 1.54) is 37.0 Å². The predicted octanol–water partition coefficient (Wildman–Crippen LogP) is 4.40. The lowest BCUT2D eigenvalue weighted by molar-refractivity contribution is -0.116. The summed E-state index contributed by atoms with van der Waals surface area (Å²) in [6, 6.07) is 0. The molecule has 1 aliphatic carbocycles. The lowest BCUT2D eigenvalue weighted by Crippen LogP contribution is -2.32. The van der Waals surface area contributed by atoms with Gasteiger partial charge in [0.1, 0.15) is 5.00 Å². The number of nitrogens with zero attached hydrogens (tertiary/aromatic N) is 1. The molecule has 3 rings (SSSR count). The van der Waals surface area contributed by atoms with Gasteiger partial charge < -0.3 is 15.0 Å². The van der Waals surface area contributed by atoms with Crippen LogP contribution in [0.1, 0.15) is 79.1 Å². The van der Waals surface area contributed by atoms with Gasteiger partial charge >= 0.3 is 5.97 Å². The molecule has 1 fully saturated rings. The summed E-state index contributed by atoms with van der Waals surface area (Å²) in [6.07, 6.45) is 10.8. The molecule has 6 heteroatoms. The normalized spacial score (nSPS) is 18.3. The van der Waals surface area contributed by atoms with Crippen LogP contribution in [0.4, 0.5) is 5.00 Å². The van der Waals surface area contributed by atoms with E-state index in [4.69, 9.17) is 4.74 Å². The molecule has 1 aliphatic heterocycles. The Hall–Kier alpha value is -1.40. The third-order valence-corrected chi connectivity index (χ3v) is 6.71. The molecule has 1 aromatic rings. The second-order valence-electron chi connectivity index (χ2n) is 7.54. The highest BCUT2D eigenvalue weighted by molar-refractivity contribution is 7.17. The van der Waals surface area contributed by atoms with Crippen molar-refractivity contribution in [2.24, 2.45) is 0 Å². The highest BCUT2D eigenvalue weighted by Gasteiger charge is 2.26. The van der Waals surface area contributed by atoms with E-state index in [1.54, 1.807) is 11.3 Å². The molecule has 0 saturated carbocycles. The van der Waals surface area contributed by atoms with E-state index in [0.29, 0.717) is 23.6 Å². The number of aryl methyl sites for hydroxylation is 1. The number of hydrogen-bond acceptors (Lipinski definition) is 5. The van der Waals surface area contributed by atoms with Crippen molar-refractivity contribution in [1.29, 1.82) is 0 Å². The van der Waals surface area contributed by atoms with Gasteiger partial charge in [-0.3, -0.25) is 4.79 Å². The summed E-state index contributed by atoms with van der Waals surface area (Å²) < 4.78 is 5.31. The Bertz CT molecular complexity index is 650. The first-order valence-corrected chi connectivity index (χ1v) is 11.3. The summed E-state index contributed by atoms with van der Waals surface area (Å²) in [5.41, 5.74) is 1.73. The van der Waals surface area contributed by atoms with Gasteiger partial charge in [0.15, 0.2) is 0 Å². The Kier molecular flexibility index (Phi) is 7.70. The Labute approximate surface area is 166 Å². The van der Waals surface area contributed by atoms with Crippen molar-refractivity contribution in [2.45, 2.75) is 71.1 Å². The van der Waals surface area contributed by atoms with Gasteiger partial charge in [-0.05, 0) is 64.1 Å². The van der Waals surface area contributed by atoms with Crippen LogP contribution in [0, 0.1) is 0 Å². The van der Waals surface area contributed by atoms with Gasteiger partial charge in [0.25, 0.3) is 0 Å². The molecule has 0 atom stereocenters. The van der Waals surface area contributed by atoms with Crippen LogP contribution in [-0.4, -0.2) is 43.0 Å². The van der Waals surface area contributed by atoms with E-state index < -0.39 is 0 Å². The van der Waals surface area contributed by atoms with Gasteiger partial charge in [-0.2, -0.15) is 0 Å². The zero-order valence-electron chi connectivity index (χ0n) is 16.5. The number of amides is 1. The molecule has 0 radical (unpaired) electrons. The topological polar surface area (TPSA) is 58.6 Å². The first-order valence-electron chi connectivity index (χ1n) is 10.5. The van der Waals surface area contributed by atoms with Gasteiger partial charge in [0, 0.05) is 17.8 Å². The van der Waals surface area contributed by atoms with E-state index >= 15 is 0 Å². The lowest BCUT2D eigenvalue weighted by atomic mass is 9.96. The number of esters is 1. The fraction of sp³-hybridized carbons (Fsp3) is 0.714. The summed E-state index contributed by atoms with van der Waals surface area (Å²) in [4.78, 5) is 28.8. The van der Waals surface area contributed by atoms with Gasteiger partial charge in [-0.1, -0.05) is 19.3 Å². The molecular formula is C21H32N2O3S. The van der Waals surface area contributed by atoms with E-state index in [1.807, 2.05) is 6.92 Å². The van der Waals surface area contributed by atoms with Crippen molar-refractivity contribution in [3.05, 3.63) is 16.0 Å². The molecule has 0 unspecified atom stereocenters. The highest BCUT2D eigenvalue weighted by atomic mass is 32.1. The average Bonchev–Trinajstić information content (AvgIpc) is 2.97. The van der Waals surface area contributed by atoms with Crippen molar-refractivity contribution in [3.63, 3.8) is 0 Å². The van der Waals surface area contributed by atoms with E-state index in [-0.39, 0.29) is 11.9 Å². The molecule has 1 aromatic heterocycles. The first-order chi connectivity index (χ1) is 13.2. The molecule has 5 nitrogen and oxygen atoms in total. The minimum absolute atomic E-state index is 0.000318. The van der Waals surface area contributed by atoms with Crippen LogP contribution in [0.25, 0.3) is 0 Å². The van der Waals surface area contributed by atoms with E-state index in [2.05, 4.69) is 10.2 Å². The number of likely N-dealkylation sites (tertiary alicyclic amines) is 1. The van der Waals surface area contributed by atoms with Gasteiger partial charge in [-0.25, -0.2) is 4.79 Å². The first kappa shape index (κ1) is 20.3. The molecule has 27 heavy (non-hydrogen) atoms. The largest absolute Gasteiger partial charge is 0.462 e.